The fourth-order valence-corrected chi connectivity index (χ4v) is 13.3. The van der Waals surface area contributed by atoms with Crippen LogP contribution in [0.1, 0.15) is 175 Å². The molecular weight excluding hydrogens is 1480 g/mol. The second-order valence-corrected chi connectivity index (χ2v) is 31.2. The number of aliphatic hydroxyl groups excluding tert-OH is 4. The number of hydrogen-bond acceptors (Lipinski definition) is 24. The van der Waals surface area contributed by atoms with Crippen molar-refractivity contribution < 1.29 is 87.8 Å². The molecule has 632 valence electrons. The molecular formula is C73H130N18O18S2. The van der Waals surface area contributed by atoms with Gasteiger partial charge in [0.25, 0.3) is 5.91 Å². The number of rotatable bonds is 54. The summed E-state index contributed by atoms with van der Waals surface area (Å²) in [6.45, 7) is 17.0. The highest BCUT2D eigenvalue weighted by Crippen LogP contribution is 2.29. The van der Waals surface area contributed by atoms with E-state index >= 15 is 0 Å². The van der Waals surface area contributed by atoms with Gasteiger partial charge in [-0.25, -0.2) is 4.79 Å². The van der Waals surface area contributed by atoms with E-state index in [0.29, 0.717) is 63.5 Å². The van der Waals surface area contributed by atoms with Crippen LogP contribution < -0.4 is 92.5 Å². The van der Waals surface area contributed by atoms with Gasteiger partial charge in [-0.1, -0.05) is 81.4 Å². The Balaban J connectivity index is 2.45. The molecule has 0 spiro atoms. The molecule has 36 nitrogen and oxygen atoms in total. The molecule has 0 saturated carbocycles. The molecule has 1 aromatic rings. The van der Waals surface area contributed by atoms with Crippen molar-refractivity contribution in [2.45, 2.75) is 262 Å². The van der Waals surface area contributed by atoms with Crippen LogP contribution in [0.25, 0.3) is 0 Å². The number of benzene rings is 1. The van der Waals surface area contributed by atoms with Crippen molar-refractivity contribution in [2.24, 2.45) is 58.3 Å². The van der Waals surface area contributed by atoms with E-state index in [1.807, 2.05) is 0 Å². The van der Waals surface area contributed by atoms with Gasteiger partial charge in [-0.3, -0.25) is 58.1 Å². The highest BCUT2D eigenvalue weighted by atomic mass is 32.2. The number of carboxylic acid groups (broad SMARTS) is 1. The van der Waals surface area contributed by atoms with Gasteiger partial charge in [-0.15, -0.1) is 11.8 Å². The summed E-state index contributed by atoms with van der Waals surface area (Å²) in [5.41, 5.74) is 29.2. The van der Waals surface area contributed by atoms with Crippen molar-refractivity contribution in [3.05, 3.63) is 35.4 Å². The molecule has 111 heavy (non-hydrogen) atoms. The van der Waals surface area contributed by atoms with Gasteiger partial charge >= 0.3 is 5.97 Å². The number of amides is 11. The number of aliphatic carboxylic acids is 1. The number of nitrogens with one attached hydrogen (secondary N) is 13. The zero-order chi connectivity index (χ0) is 83.8. The zero-order valence-corrected chi connectivity index (χ0v) is 67.7. The van der Waals surface area contributed by atoms with Crippen molar-refractivity contribution in [1.29, 1.82) is 5.41 Å². The standard InChI is InChI=1S/C73H130N18O18S2/c1-38(2)52(89-70(106)56(42(9)10)91-68(104)54(40(5)6)87-60(96)44-27-25-43(26-28-44)29-35-111-72-59(95)58(94)57(93)51(36-92)109-72)66(102)85-47(22-13-17-32-76)63(99)82-45(20-11-15-30-74)61(97)81-46(21-12-16-31-75)62(98)84-49(24-19-34-80-73(78)79)64(100)83-48(23-14-18-33-77)65(101)88-55(41(7)8)69(105)90-53(39(3)4)67(103)86-50(37-110)71(107)108/h25-28,38-42,45-59,72,92-95,110H,11-24,29-37,74-77H2,1-10H3,(H,81,97)(H,82,99)(H,83,100)(H,84,98)(H,85,102)(H,86,103)(H,87,96)(H,88,101)(H,89,106)(H,90,105)(H,91,104)(H,107,108)(H4,78,79,80). The van der Waals surface area contributed by atoms with Crippen LogP contribution in [0, 0.1) is 35.0 Å². The number of ether oxygens (including phenoxy) is 1. The molecule has 1 fully saturated rings. The Morgan fingerprint density at radius 3 is 1.06 bits per heavy atom. The number of aryl methyl sites for hydroxylation is 1. The van der Waals surface area contributed by atoms with Gasteiger partial charge in [0.1, 0.15) is 96.3 Å². The average Bonchev–Trinajstić information content (AvgIpc) is 0.817. The summed E-state index contributed by atoms with van der Waals surface area (Å²) < 4.78 is 5.58. The van der Waals surface area contributed by atoms with Crippen LogP contribution in [0.15, 0.2) is 24.3 Å². The maximum Gasteiger partial charge on any atom is 0.327 e. The summed E-state index contributed by atoms with van der Waals surface area (Å²) in [7, 11) is 0. The molecule has 1 heterocycles. The third kappa shape index (κ3) is 35.2. The third-order valence-corrected chi connectivity index (χ3v) is 20.2. The Kier molecular flexibility index (Phi) is 47.3. The van der Waals surface area contributed by atoms with E-state index in [1.54, 1.807) is 93.5 Å². The predicted molar refractivity (Wildman–Crippen MR) is 423 cm³/mol. The SMILES string of the molecule is CC(C)C(NC(=O)c1ccc(CCSC2OC(CO)C(O)C(O)C2O)cc1)C(=O)NC(C(=O)NC(C(=O)NC(CCCCN)C(=O)NC(CCCCN)C(=O)NC(CCCCN)C(=O)NC(CCCNC(=N)N)C(=O)NC(CCCCN)C(=O)NC(C(=O)NC(C(=O)NC(CS)C(=O)O)C(C)C)C(C)C)C(C)C)C(C)C. The Morgan fingerprint density at radius 1 is 0.441 bits per heavy atom. The topological polar surface area (TPSA) is 614 Å². The van der Waals surface area contributed by atoms with E-state index in [2.05, 4.69) is 76.4 Å². The van der Waals surface area contributed by atoms with Crippen LogP contribution in [0.2, 0.25) is 0 Å². The number of hydrogen-bond donors (Lipinski definition) is 24. The summed E-state index contributed by atoms with van der Waals surface area (Å²) in [5, 5.41) is 89.9. The molecule has 0 aliphatic carbocycles. The number of nitrogens with two attached hydrogens (primary N) is 5. The van der Waals surface area contributed by atoms with Crippen molar-refractivity contribution in [2.75, 3.05) is 50.8 Å². The third-order valence-electron chi connectivity index (χ3n) is 18.7. The Hall–Kier alpha value is -7.53. The summed E-state index contributed by atoms with van der Waals surface area (Å²) in [4.78, 5) is 169. The fourth-order valence-electron chi connectivity index (χ4n) is 11.8. The van der Waals surface area contributed by atoms with Gasteiger partial charge in [0, 0.05) is 17.9 Å². The van der Waals surface area contributed by atoms with E-state index in [9.17, 15) is 83.1 Å². The molecule has 1 saturated heterocycles. The first-order valence-corrected chi connectivity index (χ1v) is 40.2. The van der Waals surface area contributed by atoms with E-state index in [0.717, 1.165) is 5.56 Å². The zero-order valence-electron chi connectivity index (χ0n) is 66.0. The summed E-state index contributed by atoms with van der Waals surface area (Å²) >= 11 is 5.19. The predicted octanol–water partition coefficient (Wildman–Crippen LogP) is -3.22. The van der Waals surface area contributed by atoms with E-state index in [1.165, 1.54) is 11.8 Å². The Morgan fingerprint density at radius 2 is 0.748 bits per heavy atom. The molecule has 28 N–H and O–H groups in total. The largest absolute Gasteiger partial charge is 0.480 e. The monoisotopic (exact) mass is 1610 g/mol. The first-order valence-electron chi connectivity index (χ1n) is 38.5. The van der Waals surface area contributed by atoms with Crippen LogP contribution in [0.4, 0.5) is 0 Å². The number of carbonyl (C=O) groups excluding carboxylic acids is 11. The first-order chi connectivity index (χ1) is 52.4. The van der Waals surface area contributed by atoms with Crippen molar-refractivity contribution >= 4 is 101 Å². The van der Waals surface area contributed by atoms with Gasteiger partial charge in [-0.2, -0.15) is 12.6 Å². The Labute approximate surface area is 661 Å². The molecule has 1 aliphatic heterocycles. The average molecular weight is 1610 g/mol. The van der Waals surface area contributed by atoms with E-state index in [-0.39, 0.29) is 88.5 Å². The molecule has 0 bridgehead atoms. The van der Waals surface area contributed by atoms with Crippen LogP contribution in [0.5, 0.6) is 0 Å². The van der Waals surface area contributed by atoms with Gasteiger partial charge in [-0.05, 0) is 176 Å². The summed E-state index contributed by atoms with van der Waals surface area (Å²) in [5.74, 6) is -12.9. The molecule has 16 unspecified atom stereocenters. The number of thioether (sulfide) groups is 1. The van der Waals surface area contributed by atoms with Crippen LogP contribution in [-0.4, -0.2) is 250 Å². The number of guanidine groups is 1. The molecule has 1 aromatic carbocycles. The van der Waals surface area contributed by atoms with Crippen LogP contribution in [-0.2, 0) is 63.9 Å². The number of unbranched alkanes of at least 4 members (excludes halogenated alkanes) is 4. The van der Waals surface area contributed by atoms with Crippen molar-refractivity contribution in [3.63, 3.8) is 0 Å². The molecule has 1 aliphatic rings. The van der Waals surface area contributed by atoms with Gasteiger partial charge in [0.05, 0.1) is 6.61 Å². The number of aliphatic hydroxyl groups is 4. The number of carboxylic acids is 1. The van der Waals surface area contributed by atoms with Crippen molar-refractivity contribution in [1.82, 2.24) is 63.8 Å². The number of carbonyl (C=O) groups is 12. The fraction of sp³-hybridized carbons (Fsp3) is 0.740. The van der Waals surface area contributed by atoms with Crippen LogP contribution >= 0.6 is 24.4 Å². The summed E-state index contributed by atoms with van der Waals surface area (Å²) in [6, 6.07) is -7.83. The first kappa shape index (κ1) is 99.5. The minimum Gasteiger partial charge on any atom is -0.480 e. The lowest BCUT2D eigenvalue weighted by Gasteiger charge is -2.39. The number of thiol groups is 1. The van der Waals surface area contributed by atoms with Gasteiger partial charge in [0.2, 0.25) is 59.1 Å². The highest BCUT2D eigenvalue weighted by molar-refractivity contribution is 7.99. The minimum atomic E-state index is -1.51. The molecule has 0 radical (unpaired) electrons. The molecule has 38 heteroatoms. The summed E-state index contributed by atoms with van der Waals surface area (Å²) in [6.07, 6.45) is -2.07. The Bertz CT molecular complexity index is 3110. The lowest BCUT2D eigenvalue weighted by molar-refractivity contribution is -0.205. The maximum absolute atomic E-state index is 14.7. The maximum atomic E-state index is 14.7. The molecule has 0 aromatic heterocycles. The van der Waals surface area contributed by atoms with Gasteiger partial charge in [0.15, 0.2) is 5.96 Å². The quantitative estimate of drug-likeness (QED) is 0.0132. The lowest BCUT2D eigenvalue weighted by Crippen LogP contribution is -2.62. The molecule has 16 atom stereocenters. The minimum absolute atomic E-state index is 0.00386. The van der Waals surface area contributed by atoms with E-state index in [4.69, 9.17) is 38.8 Å². The second-order valence-electron chi connectivity index (χ2n) is 29.6. The van der Waals surface area contributed by atoms with Crippen LogP contribution in [0.3, 0.4) is 0 Å². The normalized spacial score (nSPS) is 18.6. The second kappa shape index (κ2) is 52.7. The molecule has 11 amide bonds. The highest BCUT2D eigenvalue weighted by Gasteiger charge is 2.44. The lowest BCUT2D eigenvalue weighted by atomic mass is 9.97. The van der Waals surface area contributed by atoms with E-state index < -0.39 is 203 Å². The van der Waals surface area contributed by atoms with Crippen molar-refractivity contribution in [3.8, 4) is 0 Å². The van der Waals surface area contributed by atoms with Gasteiger partial charge < -0.3 is 123 Å². The molecule has 2 rings (SSSR count). The smallest absolute Gasteiger partial charge is 0.327 e.